The fraction of sp³-hybridized carbons (Fsp3) is 0.917. The van der Waals surface area contributed by atoms with Gasteiger partial charge in [-0.1, -0.05) is 13.8 Å². The second-order valence-corrected chi connectivity index (χ2v) is 4.91. The zero-order valence-corrected chi connectivity index (χ0v) is 10.5. The van der Waals surface area contributed by atoms with Crippen molar-refractivity contribution >= 4 is 5.78 Å². The Morgan fingerprint density at radius 3 is 2.40 bits per heavy atom. The monoisotopic (exact) mass is 213 g/mol. The standard InChI is InChI=1S/C12H23NO2/c1-8(2)12(14)11-10(5)15-7-6-13(11)9(3)4/h8-11H,6-7H2,1-5H3. The van der Waals surface area contributed by atoms with Gasteiger partial charge >= 0.3 is 0 Å². The van der Waals surface area contributed by atoms with Crippen molar-refractivity contribution in [2.45, 2.75) is 52.8 Å². The van der Waals surface area contributed by atoms with E-state index in [0.29, 0.717) is 11.8 Å². The van der Waals surface area contributed by atoms with Crippen molar-refractivity contribution in [1.82, 2.24) is 4.90 Å². The first-order valence-corrected chi connectivity index (χ1v) is 5.86. The van der Waals surface area contributed by atoms with Crippen molar-refractivity contribution in [1.29, 1.82) is 0 Å². The lowest BCUT2D eigenvalue weighted by Crippen LogP contribution is -2.57. The van der Waals surface area contributed by atoms with Crippen LogP contribution in [-0.2, 0) is 9.53 Å². The normalized spacial score (nSPS) is 28.7. The molecule has 0 aromatic rings. The number of hydrogen-bond donors (Lipinski definition) is 0. The van der Waals surface area contributed by atoms with E-state index in [1.165, 1.54) is 0 Å². The Bertz CT molecular complexity index is 226. The fourth-order valence-electron chi connectivity index (χ4n) is 2.16. The van der Waals surface area contributed by atoms with Gasteiger partial charge in [-0.2, -0.15) is 0 Å². The van der Waals surface area contributed by atoms with E-state index in [1.807, 2.05) is 20.8 Å². The molecule has 1 saturated heterocycles. The molecule has 3 heteroatoms. The Labute approximate surface area is 92.8 Å². The van der Waals surface area contributed by atoms with Gasteiger partial charge in [-0.05, 0) is 20.8 Å². The highest BCUT2D eigenvalue weighted by Crippen LogP contribution is 2.20. The van der Waals surface area contributed by atoms with Crippen LogP contribution in [0.2, 0.25) is 0 Å². The summed E-state index contributed by atoms with van der Waals surface area (Å²) in [4.78, 5) is 14.4. The largest absolute Gasteiger partial charge is 0.375 e. The second-order valence-electron chi connectivity index (χ2n) is 4.91. The fourth-order valence-corrected chi connectivity index (χ4v) is 2.16. The van der Waals surface area contributed by atoms with Crippen molar-refractivity contribution in [3.05, 3.63) is 0 Å². The molecule has 0 aliphatic carbocycles. The summed E-state index contributed by atoms with van der Waals surface area (Å²) in [6, 6.07) is 0.350. The number of rotatable bonds is 3. The smallest absolute Gasteiger partial charge is 0.155 e. The molecule has 0 spiro atoms. The van der Waals surface area contributed by atoms with E-state index < -0.39 is 0 Å². The zero-order chi connectivity index (χ0) is 11.6. The minimum absolute atomic E-state index is 0.0241. The maximum atomic E-state index is 12.1. The molecular weight excluding hydrogens is 190 g/mol. The van der Waals surface area contributed by atoms with Crippen LogP contribution in [-0.4, -0.2) is 42.0 Å². The van der Waals surface area contributed by atoms with Crippen LogP contribution in [0.5, 0.6) is 0 Å². The molecule has 1 fully saturated rings. The predicted octanol–water partition coefficient (Wildman–Crippen LogP) is 1.71. The lowest BCUT2D eigenvalue weighted by Gasteiger charge is -2.42. The molecule has 0 saturated carbocycles. The predicted molar refractivity (Wildman–Crippen MR) is 60.9 cm³/mol. The molecule has 0 radical (unpaired) electrons. The number of nitrogens with zero attached hydrogens (tertiary/aromatic N) is 1. The van der Waals surface area contributed by atoms with E-state index in [9.17, 15) is 4.79 Å². The summed E-state index contributed by atoms with van der Waals surface area (Å²) >= 11 is 0. The number of hydrogen-bond acceptors (Lipinski definition) is 3. The van der Waals surface area contributed by atoms with E-state index in [1.54, 1.807) is 0 Å². The Balaban J connectivity index is 2.81. The third-order valence-electron chi connectivity index (χ3n) is 3.06. The van der Waals surface area contributed by atoms with Crippen LogP contribution in [0, 0.1) is 5.92 Å². The van der Waals surface area contributed by atoms with Gasteiger partial charge in [-0.25, -0.2) is 0 Å². The Hall–Kier alpha value is -0.410. The van der Waals surface area contributed by atoms with Gasteiger partial charge in [0.2, 0.25) is 0 Å². The van der Waals surface area contributed by atoms with Crippen LogP contribution < -0.4 is 0 Å². The molecule has 0 aromatic carbocycles. The lowest BCUT2D eigenvalue weighted by atomic mass is 9.94. The first kappa shape index (κ1) is 12.7. The van der Waals surface area contributed by atoms with E-state index >= 15 is 0 Å². The summed E-state index contributed by atoms with van der Waals surface area (Å²) in [5.41, 5.74) is 0. The first-order chi connectivity index (χ1) is 6.95. The van der Waals surface area contributed by atoms with E-state index in [-0.39, 0.29) is 18.1 Å². The SMILES string of the molecule is CC(C)C(=O)C1C(C)OCCN1C(C)C. The van der Waals surface area contributed by atoms with Gasteiger partial charge in [0.25, 0.3) is 0 Å². The zero-order valence-electron chi connectivity index (χ0n) is 10.5. The Morgan fingerprint density at radius 2 is 1.93 bits per heavy atom. The molecule has 3 nitrogen and oxygen atoms in total. The summed E-state index contributed by atoms with van der Waals surface area (Å²) < 4.78 is 5.58. The Kier molecular flexibility index (Phi) is 4.29. The molecule has 0 aromatic heterocycles. The summed E-state index contributed by atoms with van der Waals surface area (Å²) in [7, 11) is 0. The molecule has 0 N–H and O–H groups in total. The highest BCUT2D eigenvalue weighted by molar-refractivity contribution is 5.86. The van der Waals surface area contributed by atoms with Crippen molar-refractivity contribution in [3.63, 3.8) is 0 Å². The lowest BCUT2D eigenvalue weighted by molar-refractivity contribution is -0.142. The highest BCUT2D eigenvalue weighted by atomic mass is 16.5. The maximum Gasteiger partial charge on any atom is 0.155 e. The topological polar surface area (TPSA) is 29.5 Å². The van der Waals surface area contributed by atoms with Crippen LogP contribution in [0.1, 0.15) is 34.6 Å². The average molecular weight is 213 g/mol. The minimum atomic E-state index is -0.0567. The Morgan fingerprint density at radius 1 is 1.33 bits per heavy atom. The first-order valence-electron chi connectivity index (χ1n) is 5.86. The molecule has 1 aliphatic heterocycles. The van der Waals surface area contributed by atoms with Gasteiger partial charge in [0.05, 0.1) is 18.8 Å². The summed E-state index contributed by atoms with van der Waals surface area (Å²) in [6.45, 7) is 11.8. The van der Waals surface area contributed by atoms with Gasteiger partial charge in [0, 0.05) is 18.5 Å². The quantitative estimate of drug-likeness (QED) is 0.715. The molecule has 1 rings (SSSR count). The van der Waals surface area contributed by atoms with Gasteiger partial charge in [-0.15, -0.1) is 0 Å². The van der Waals surface area contributed by atoms with E-state index in [2.05, 4.69) is 18.7 Å². The molecule has 0 bridgehead atoms. The molecular formula is C12H23NO2. The van der Waals surface area contributed by atoms with Crippen molar-refractivity contribution in [2.75, 3.05) is 13.2 Å². The molecule has 1 aliphatic rings. The second kappa shape index (κ2) is 5.08. The van der Waals surface area contributed by atoms with Crippen LogP contribution >= 0.6 is 0 Å². The third kappa shape index (κ3) is 2.79. The summed E-state index contributed by atoms with van der Waals surface area (Å²) in [5.74, 6) is 0.385. The van der Waals surface area contributed by atoms with Crippen LogP contribution in [0.3, 0.4) is 0 Å². The average Bonchev–Trinajstić information content (AvgIpc) is 2.16. The number of carbonyl (C=O) groups excluding carboxylic acids is 1. The number of ketones is 1. The summed E-state index contributed by atoms with van der Waals surface area (Å²) in [6.07, 6.45) is 0.0241. The van der Waals surface area contributed by atoms with Crippen LogP contribution in [0.15, 0.2) is 0 Å². The highest BCUT2D eigenvalue weighted by Gasteiger charge is 2.36. The minimum Gasteiger partial charge on any atom is -0.375 e. The van der Waals surface area contributed by atoms with Crippen LogP contribution in [0.25, 0.3) is 0 Å². The molecule has 0 amide bonds. The van der Waals surface area contributed by atoms with Gasteiger partial charge in [0.1, 0.15) is 0 Å². The van der Waals surface area contributed by atoms with Crippen molar-refractivity contribution in [3.8, 4) is 0 Å². The molecule has 15 heavy (non-hydrogen) atoms. The number of carbonyl (C=O) groups is 1. The van der Waals surface area contributed by atoms with Crippen molar-refractivity contribution in [2.24, 2.45) is 5.92 Å². The summed E-state index contributed by atoms with van der Waals surface area (Å²) in [5, 5.41) is 0. The van der Waals surface area contributed by atoms with E-state index in [0.717, 1.165) is 13.2 Å². The molecule has 2 unspecified atom stereocenters. The maximum absolute atomic E-state index is 12.1. The molecule has 88 valence electrons. The molecule has 1 heterocycles. The number of morpholine rings is 1. The molecule has 2 atom stereocenters. The number of ether oxygens (including phenoxy) is 1. The van der Waals surface area contributed by atoms with Gasteiger partial charge < -0.3 is 4.74 Å². The van der Waals surface area contributed by atoms with Crippen LogP contribution in [0.4, 0.5) is 0 Å². The van der Waals surface area contributed by atoms with E-state index in [4.69, 9.17) is 4.74 Å². The number of Topliss-reactive ketones (excluding diaryl/α,β-unsaturated/α-hetero) is 1. The van der Waals surface area contributed by atoms with Gasteiger partial charge in [0.15, 0.2) is 5.78 Å². The van der Waals surface area contributed by atoms with Crippen molar-refractivity contribution < 1.29 is 9.53 Å². The third-order valence-corrected chi connectivity index (χ3v) is 3.06. The van der Waals surface area contributed by atoms with Gasteiger partial charge in [-0.3, -0.25) is 9.69 Å².